The van der Waals surface area contributed by atoms with Crippen LogP contribution >= 0.6 is 0 Å². The summed E-state index contributed by atoms with van der Waals surface area (Å²) in [4.78, 5) is 18.1. The molecule has 0 bridgehead atoms. The lowest BCUT2D eigenvalue weighted by Crippen LogP contribution is -2.43. The Morgan fingerprint density at radius 1 is 0.963 bits per heavy atom. The highest BCUT2D eigenvalue weighted by Crippen LogP contribution is 2.37. The van der Waals surface area contributed by atoms with E-state index in [2.05, 4.69) is 35.4 Å². The van der Waals surface area contributed by atoms with Gasteiger partial charge < -0.3 is 29.9 Å². The van der Waals surface area contributed by atoms with Crippen molar-refractivity contribution in [2.24, 2.45) is 0 Å². The molecule has 9 heteroatoms. The van der Waals surface area contributed by atoms with E-state index < -0.39 is 0 Å². The minimum absolute atomic E-state index is 0.414. The third-order valence-electron chi connectivity index (χ3n) is 5.15. The molecule has 2 aromatic rings. The molecule has 3 aliphatic rings. The summed E-state index contributed by atoms with van der Waals surface area (Å²) in [6.07, 6.45) is 3.41. The van der Waals surface area contributed by atoms with Crippen molar-refractivity contribution in [3.05, 3.63) is 24.2 Å². The summed E-state index contributed by atoms with van der Waals surface area (Å²) < 4.78 is 11.5. The Morgan fingerprint density at radius 3 is 2.67 bits per heavy atom. The Kier molecular flexibility index (Phi) is 4.38. The molecule has 0 radical (unpaired) electrons. The van der Waals surface area contributed by atoms with Crippen LogP contribution in [0.5, 0.6) is 5.75 Å². The average molecular weight is 369 g/mol. The van der Waals surface area contributed by atoms with Gasteiger partial charge in [-0.05, 0) is 0 Å². The third kappa shape index (κ3) is 3.24. The fourth-order valence-corrected chi connectivity index (χ4v) is 3.68. The monoisotopic (exact) mass is 369 g/mol. The number of fused-ring (bicyclic) bond motifs is 2. The maximum atomic E-state index is 6.05. The van der Waals surface area contributed by atoms with Crippen molar-refractivity contribution < 1.29 is 9.47 Å². The van der Waals surface area contributed by atoms with Crippen molar-refractivity contribution in [3.63, 3.8) is 0 Å². The molecule has 2 N–H and O–H groups in total. The number of ether oxygens (including phenoxy) is 2. The highest BCUT2D eigenvalue weighted by molar-refractivity contribution is 5.73. The smallest absolute Gasteiger partial charge is 0.161 e. The number of rotatable bonds is 2. The molecule has 0 amide bonds. The molecule has 0 unspecified atom stereocenters. The second-order valence-electron chi connectivity index (χ2n) is 6.81. The molecular weight excluding hydrogens is 346 g/mol. The third-order valence-corrected chi connectivity index (χ3v) is 5.15. The number of hydrogen-bond donors (Lipinski definition) is 2. The van der Waals surface area contributed by atoms with Crippen LogP contribution in [0, 0.1) is 0 Å². The summed E-state index contributed by atoms with van der Waals surface area (Å²) in [5.74, 6) is 3.40. The predicted octanol–water partition coefficient (Wildman–Crippen LogP) is 0.754. The molecule has 2 fully saturated rings. The molecule has 2 saturated heterocycles. The predicted molar refractivity (Wildman–Crippen MR) is 102 cm³/mol. The first-order valence-corrected chi connectivity index (χ1v) is 9.40. The Hall–Kier alpha value is -2.65. The number of pyridine rings is 1. The van der Waals surface area contributed by atoms with Crippen LogP contribution in [0.3, 0.4) is 0 Å². The van der Waals surface area contributed by atoms with Gasteiger partial charge in [0.05, 0.1) is 30.7 Å². The van der Waals surface area contributed by atoms with E-state index in [4.69, 9.17) is 9.47 Å². The van der Waals surface area contributed by atoms with Gasteiger partial charge in [-0.3, -0.25) is 0 Å². The summed E-state index contributed by atoms with van der Waals surface area (Å²) in [5.41, 5.74) is 1.86. The SMILES string of the molecule is c1nc2c(c(N3CCOCC3)n1)COc1cnc(N3CCNCC3)cc1N2. The van der Waals surface area contributed by atoms with Crippen molar-refractivity contribution >= 4 is 23.1 Å². The van der Waals surface area contributed by atoms with Crippen LogP contribution in [-0.2, 0) is 11.3 Å². The van der Waals surface area contributed by atoms with E-state index in [1.54, 1.807) is 12.5 Å². The average Bonchev–Trinajstić information content (AvgIpc) is 2.93. The zero-order valence-corrected chi connectivity index (χ0v) is 15.1. The van der Waals surface area contributed by atoms with Gasteiger partial charge in [-0.2, -0.15) is 0 Å². The summed E-state index contributed by atoms with van der Waals surface area (Å²) in [6.45, 7) is 7.34. The molecule has 9 nitrogen and oxygen atoms in total. The lowest BCUT2D eigenvalue weighted by Gasteiger charge is -2.29. The first-order valence-electron chi connectivity index (χ1n) is 9.40. The number of nitrogens with one attached hydrogen (secondary N) is 2. The number of piperazine rings is 1. The quantitative estimate of drug-likeness (QED) is 0.796. The minimum Gasteiger partial charge on any atom is -0.485 e. The minimum atomic E-state index is 0.414. The second-order valence-corrected chi connectivity index (χ2v) is 6.81. The van der Waals surface area contributed by atoms with Crippen molar-refractivity contribution in [3.8, 4) is 5.75 Å². The van der Waals surface area contributed by atoms with Crippen LogP contribution in [-0.4, -0.2) is 67.4 Å². The van der Waals surface area contributed by atoms with Gasteiger partial charge in [0.25, 0.3) is 0 Å². The summed E-state index contributed by atoms with van der Waals surface area (Å²) >= 11 is 0. The largest absolute Gasteiger partial charge is 0.485 e. The van der Waals surface area contributed by atoms with Crippen molar-refractivity contribution in [2.75, 3.05) is 67.6 Å². The summed E-state index contributed by atoms with van der Waals surface area (Å²) in [5, 5.41) is 6.81. The van der Waals surface area contributed by atoms with E-state index in [-0.39, 0.29) is 0 Å². The highest BCUT2D eigenvalue weighted by Gasteiger charge is 2.24. The Labute approximate surface area is 157 Å². The molecule has 27 heavy (non-hydrogen) atoms. The molecule has 0 spiro atoms. The van der Waals surface area contributed by atoms with Crippen LogP contribution < -0.4 is 25.2 Å². The summed E-state index contributed by atoms with van der Waals surface area (Å²) in [7, 11) is 0. The Morgan fingerprint density at radius 2 is 1.81 bits per heavy atom. The standard InChI is InChI=1S/C18H23N7O2/c1-3-24(4-2-19-1)16-9-14-15(10-20-16)27-11-13-17(23-14)21-12-22-18(13)25-5-7-26-8-6-25/h9-10,12,19H,1-8,11H2,(H,21,22,23). The first-order chi connectivity index (χ1) is 13.4. The molecule has 0 aromatic carbocycles. The van der Waals surface area contributed by atoms with Gasteiger partial charge >= 0.3 is 0 Å². The van der Waals surface area contributed by atoms with Crippen LogP contribution in [0.1, 0.15) is 5.56 Å². The van der Waals surface area contributed by atoms with Gasteiger partial charge in [0, 0.05) is 45.3 Å². The van der Waals surface area contributed by atoms with Crippen molar-refractivity contribution in [2.45, 2.75) is 6.61 Å². The fraction of sp³-hybridized carbons (Fsp3) is 0.500. The van der Waals surface area contributed by atoms with Gasteiger partial charge in [-0.25, -0.2) is 15.0 Å². The normalized spacial score (nSPS) is 19.4. The zero-order valence-electron chi connectivity index (χ0n) is 15.1. The lowest BCUT2D eigenvalue weighted by atomic mass is 10.2. The van der Waals surface area contributed by atoms with E-state index in [1.165, 1.54) is 0 Å². The topological polar surface area (TPSA) is 87.7 Å². The summed E-state index contributed by atoms with van der Waals surface area (Å²) in [6, 6.07) is 2.05. The van der Waals surface area contributed by atoms with Crippen molar-refractivity contribution in [1.82, 2.24) is 20.3 Å². The number of anilines is 4. The van der Waals surface area contributed by atoms with Gasteiger partial charge in [0.2, 0.25) is 0 Å². The molecule has 2 aromatic heterocycles. The van der Waals surface area contributed by atoms with Gasteiger partial charge in [0.15, 0.2) is 5.75 Å². The van der Waals surface area contributed by atoms with Gasteiger partial charge in [-0.15, -0.1) is 0 Å². The molecular formula is C18H23N7O2. The molecule has 5 rings (SSSR count). The van der Waals surface area contributed by atoms with Gasteiger partial charge in [-0.1, -0.05) is 0 Å². The Balaban J connectivity index is 1.45. The molecule has 0 atom stereocenters. The fourth-order valence-electron chi connectivity index (χ4n) is 3.68. The van der Waals surface area contributed by atoms with Crippen LogP contribution in [0.15, 0.2) is 18.6 Å². The maximum Gasteiger partial charge on any atom is 0.161 e. The zero-order chi connectivity index (χ0) is 18.1. The maximum absolute atomic E-state index is 6.05. The number of hydrogen-bond acceptors (Lipinski definition) is 9. The van der Waals surface area contributed by atoms with E-state index in [0.717, 1.165) is 73.7 Å². The van der Waals surface area contributed by atoms with Crippen LogP contribution in [0.2, 0.25) is 0 Å². The van der Waals surface area contributed by atoms with E-state index >= 15 is 0 Å². The number of aromatic nitrogens is 3. The van der Waals surface area contributed by atoms with Gasteiger partial charge in [0.1, 0.15) is 30.4 Å². The number of nitrogens with zero attached hydrogens (tertiary/aromatic N) is 5. The molecule has 142 valence electrons. The number of morpholine rings is 1. The van der Waals surface area contributed by atoms with Crippen molar-refractivity contribution in [1.29, 1.82) is 0 Å². The molecule has 0 aliphatic carbocycles. The van der Waals surface area contributed by atoms with Crippen LogP contribution in [0.25, 0.3) is 0 Å². The van der Waals surface area contributed by atoms with E-state index in [1.807, 2.05) is 6.07 Å². The molecule has 0 saturated carbocycles. The second kappa shape index (κ2) is 7.16. The van der Waals surface area contributed by atoms with E-state index in [0.29, 0.717) is 19.8 Å². The highest BCUT2D eigenvalue weighted by atomic mass is 16.5. The molecule has 5 heterocycles. The first kappa shape index (κ1) is 16.5. The van der Waals surface area contributed by atoms with Crippen LogP contribution in [0.4, 0.5) is 23.1 Å². The van der Waals surface area contributed by atoms with E-state index in [9.17, 15) is 0 Å². The molecule has 3 aliphatic heterocycles. The lowest BCUT2D eigenvalue weighted by molar-refractivity contribution is 0.122. The Bertz CT molecular complexity index is 819.